The maximum absolute atomic E-state index is 5.79. The van der Waals surface area contributed by atoms with Gasteiger partial charge < -0.3 is 4.74 Å². The van der Waals surface area contributed by atoms with Gasteiger partial charge in [-0.15, -0.1) is 11.6 Å². The lowest BCUT2D eigenvalue weighted by molar-refractivity contribution is -0.0491. The van der Waals surface area contributed by atoms with Crippen molar-refractivity contribution >= 4 is 11.6 Å². The highest BCUT2D eigenvalue weighted by atomic mass is 35.5. The molecule has 1 saturated carbocycles. The van der Waals surface area contributed by atoms with Gasteiger partial charge in [-0.05, 0) is 25.7 Å². The summed E-state index contributed by atoms with van der Waals surface area (Å²) in [4.78, 5) is 2.54. The Balaban J connectivity index is 1.82. The highest BCUT2D eigenvalue weighted by Crippen LogP contribution is 2.31. The molecule has 2 aliphatic rings. The summed E-state index contributed by atoms with van der Waals surface area (Å²) in [6, 6.07) is 0.583. The summed E-state index contributed by atoms with van der Waals surface area (Å²) in [5, 5.41) is 0. The SMILES string of the molecule is CC1COC(CCl)CN1CC1CC1. The fourth-order valence-corrected chi connectivity index (χ4v) is 2.04. The van der Waals surface area contributed by atoms with Gasteiger partial charge in [0, 0.05) is 25.0 Å². The fourth-order valence-electron chi connectivity index (χ4n) is 1.85. The van der Waals surface area contributed by atoms with Crippen molar-refractivity contribution in [2.24, 2.45) is 5.92 Å². The van der Waals surface area contributed by atoms with E-state index in [9.17, 15) is 0 Å². The van der Waals surface area contributed by atoms with E-state index >= 15 is 0 Å². The molecule has 0 N–H and O–H groups in total. The molecular weight excluding hydrogens is 186 g/mol. The third-order valence-electron chi connectivity index (χ3n) is 3.00. The van der Waals surface area contributed by atoms with Gasteiger partial charge in [-0.3, -0.25) is 4.90 Å². The van der Waals surface area contributed by atoms with Crippen molar-refractivity contribution in [3.05, 3.63) is 0 Å². The highest BCUT2D eigenvalue weighted by Gasteiger charge is 2.30. The van der Waals surface area contributed by atoms with Crippen LogP contribution in [0.25, 0.3) is 0 Å². The van der Waals surface area contributed by atoms with Gasteiger partial charge in [0.05, 0.1) is 12.7 Å². The smallest absolute Gasteiger partial charge is 0.0837 e. The Morgan fingerprint density at radius 2 is 2.23 bits per heavy atom. The molecule has 0 radical (unpaired) electrons. The predicted molar refractivity (Wildman–Crippen MR) is 54.2 cm³/mol. The van der Waals surface area contributed by atoms with Crippen LogP contribution in [0.4, 0.5) is 0 Å². The van der Waals surface area contributed by atoms with E-state index in [0.29, 0.717) is 11.9 Å². The highest BCUT2D eigenvalue weighted by molar-refractivity contribution is 6.18. The average molecular weight is 204 g/mol. The number of rotatable bonds is 3. The Morgan fingerprint density at radius 3 is 2.85 bits per heavy atom. The number of nitrogens with zero attached hydrogens (tertiary/aromatic N) is 1. The zero-order chi connectivity index (χ0) is 9.26. The standard InChI is InChI=1S/C10H18ClNO/c1-8-7-13-10(4-11)6-12(8)5-9-2-3-9/h8-10H,2-7H2,1H3. The molecule has 13 heavy (non-hydrogen) atoms. The lowest BCUT2D eigenvalue weighted by Crippen LogP contribution is -2.49. The monoisotopic (exact) mass is 203 g/mol. The van der Waals surface area contributed by atoms with E-state index in [1.807, 2.05) is 0 Å². The van der Waals surface area contributed by atoms with Gasteiger partial charge >= 0.3 is 0 Å². The predicted octanol–water partition coefficient (Wildman–Crippen LogP) is 1.72. The number of ether oxygens (including phenoxy) is 1. The normalized spacial score (nSPS) is 36.5. The zero-order valence-corrected chi connectivity index (χ0v) is 8.96. The Kier molecular flexibility index (Phi) is 3.12. The molecule has 2 rings (SSSR count). The molecule has 3 heteroatoms. The van der Waals surface area contributed by atoms with Gasteiger partial charge in [-0.1, -0.05) is 0 Å². The summed E-state index contributed by atoms with van der Waals surface area (Å²) in [5.41, 5.74) is 0. The molecule has 76 valence electrons. The van der Waals surface area contributed by atoms with Crippen LogP contribution in [0, 0.1) is 5.92 Å². The van der Waals surface area contributed by atoms with Gasteiger partial charge in [0.2, 0.25) is 0 Å². The second kappa shape index (κ2) is 4.16. The van der Waals surface area contributed by atoms with Gasteiger partial charge in [0.25, 0.3) is 0 Å². The van der Waals surface area contributed by atoms with Crippen LogP contribution < -0.4 is 0 Å². The van der Waals surface area contributed by atoms with Crippen LogP contribution in [0.2, 0.25) is 0 Å². The molecule has 0 bridgehead atoms. The number of halogens is 1. The van der Waals surface area contributed by atoms with Crippen molar-refractivity contribution in [1.29, 1.82) is 0 Å². The molecule has 1 aliphatic carbocycles. The van der Waals surface area contributed by atoms with E-state index in [0.717, 1.165) is 19.1 Å². The van der Waals surface area contributed by atoms with E-state index < -0.39 is 0 Å². The van der Waals surface area contributed by atoms with E-state index in [2.05, 4.69) is 11.8 Å². The van der Waals surface area contributed by atoms with Crippen LogP contribution in [0.15, 0.2) is 0 Å². The number of hydrogen-bond acceptors (Lipinski definition) is 2. The topological polar surface area (TPSA) is 12.5 Å². The molecule has 0 aromatic rings. The van der Waals surface area contributed by atoms with E-state index in [4.69, 9.17) is 16.3 Å². The summed E-state index contributed by atoms with van der Waals surface area (Å²) in [5.74, 6) is 1.60. The third-order valence-corrected chi connectivity index (χ3v) is 3.34. The molecule has 2 nitrogen and oxygen atoms in total. The molecule has 0 amide bonds. The maximum Gasteiger partial charge on any atom is 0.0837 e. The quantitative estimate of drug-likeness (QED) is 0.648. The van der Waals surface area contributed by atoms with Gasteiger partial charge in [0.1, 0.15) is 0 Å². The molecule has 0 spiro atoms. The molecular formula is C10H18ClNO. The summed E-state index contributed by atoms with van der Waals surface area (Å²) < 4.78 is 5.60. The lowest BCUT2D eigenvalue weighted by Gasteiger charge is -2.37. The van der Waals surface area contributed by atoms with Crippen LogP contribution >= 0.6 is 11.6 Å². The Labute approximate surface area is 85.2 Å². The molecule has 1 saturated heterocycles. The van der Waals surface area contributed by atoms with E-state index in [1.165, 1.54) is 19.4 Å². The summed E-state index contributed by atoms with van der Waals surface area (Å²) >= 11 is 5.79. The third kappa shape index (κ3) is 2.58. The number of alkyl halides is 1. The second-order valence-corrected chi connectivity index (χ2v) is 4.66. The summed E-state index contributed by atoms with van der Waals surface area (Å²) in [6.07, 6.45) is 3.11. The van der Waals surface area contributed by atoms with Crippen LogP contribution in [0.3, 0.4) is 0 Å². The first-order chi connectivity index (χ1) is 6.29. The minimum atomic E-state index is 0.261. The second-order valence-electron chi connectivity index (χ2n) is 4.36. The Hall–Kier alpha value is 0.210. The molecule has 2 atom stereocenters. The first-order valence-electron chi connectivity index (χ1n) is 5.21. The van der Waals surface area contributed by atoms with Gasteiger partial charge in [-0.2, -0.15) is 0 Å². The van der Waals surface area contributed by atoms with E-state index in [1.54, 1.807) is 0 Å². The molecule has 0 aromatic carbocycles. The molecule has 1 heterocycles. The van der Waals surface area contributed by atoms with Crippen molar-refractivity contribution < 1.29 is 4.74 Å². The molecule has 2 fully saturated rings. The van der Waals surface area contributed by atoms with Crippen LogP contribution in [-0.4, -0.2) is 42.6 Å². The lowest BCUT2D eigenvalue weighted by atomic mass is 10.2. The number of morpholine rings is 1. The molecule has 2 unspecified atom stereocenters. The minimum absolute atomic E-state index is 0.261. The maximum atomic E-state index is 5.79. The van der Waals surface area contributed by atoms with Crippen molar-refractivity contribution in [2.75, 3.05) is 25.6 Å². The van der Waals surface area contributed by atoms with Crippen molar-refractivity contribution in [2.45, 2.75) is 31.9 Å². The van der Waals surface area contributed by atoms with Gasteiger partial charge in [0.15, 0.2) is 0 Å². The van der Waals surface area contributed by atoms with Crippen molar-refractivity contribution in [3.8, 4) is 0 Å². The minimum Gasteiger partial charge on any atom is -0.374 e. The van der Waals surface area contributed by atoms with Crippen LogP contribution in [-0.2, 0) is 4.74 Å². The van der Waals surface area contributed by atoms with Crippen LogP contribution in [0.5, 0.6) is 0 Å². The first kappa shape index (κ1) is 9.75. The van der Waals surface area contributed by atoms with E-state index in [-0.39, 0.29) is 6.10 Å². The zero-order valence-electron chi connectivity index (χ0n) is 8.21. The Morgan fingerprint density at radius 1 is 1.46 bits per heavy atom. The molecule has 0 aromatic heterocycles. The van der Waals surface area contributed by atoms with Crippen molar-refractivity contribution in [1.82, 2.24) is 4.90 Å². The van der Waals surface area contributed by atoms with Crippen LogP contribution in [0.1, 0.15) is 19.8 Å². The molecule has 1 aliphatic heterocycles. The van der Waals surface area contributed by atoms with Gasteiger partial charge in [-0.25, -0.2) is 0 Å². The summed E-state index contributed by atoms with van der Waals surface area (Å²) in [6.45, 7) is 5.38. The number of hydrogen-bond donors (Lipinski definition) is 0. The summed E-state index contributed by atoms with van der Waals surface area (Å²) in [7, 11) is 0. The Bertz CT molecular complexity index is 172. The average Bonchev–Trinajstić information content (AvgIpc) is 2.93. The van der Waals surface area contributed by atoms with Crippen molar-refractivity contribution in [3.63, 3.8) is 0 Å². The largest absolute Gasteiger partial charge is 0.374 e. The fraction of sp³-hybridized carbons (Fsp3) is 1.00. The first-order valence-corrected chi connectivity index (χ1v) is 5.74.